The summed E-state index contributed by atoms with van der Waals surface area (Å²) < 4.78 is 34.4. The molecule has 0 radical (unpaired) electrons. The van der Waals surface area contributed by atoms with Crippen LogP contribution in [0.5, 0.6) is 5.75 Å². The van der Waals surface area contributed by atoms with Crippen molar-refractivity contribution in [2.75, 3.05) is 6.61 Å². The minimum atomic E-state index is -1.84. The van der Waals surface area contributed by atoms with Crippen LogP contribution in [0, 0.1) is 24.2 Å². The van der Waals surface area contributed by atoms with E-state index in [-0.39, 0.29) is 29.7 Å². The third kappa shape index (κ3) is 12.6. The molecule has 3 aromatic rings. The number of aromatic nitrogens is 1. The Labute approximate surface area is 381 Å². The summed E-state index contributed by atoms with van der Waals surface area (Å²) in [5, 5.41) is 43.6. The van der Waals surface area contributed by atoms with E-state index in [1.807, 2.05) is 45.0 Å². The maximum atomic E-state index is 14.5. The molecule has 1 saturated heterocycles. The fraction of sp³-hybridized carbons (Fsp3) is 0.511. The number of carbonyl (C=O) groups excluding carboxylic acids is 4. The van der Waals surface area contributed by atoms with Crippen molar-refractivity contribution in [3.8, 4) is 5.75 Å². The van der Waals surface area contributed by atoms with Gasteiger partial charge in [-0.15, -0.1) is 17.9 Å². The maximum Gasteiger partial charge on any atom is 0.508 e. The van der Waals surface area contributed by atoms with Crippen LogP contribution in [-0.4, -0.2) is 98.8 Å². The molecule has 64 heavy (non-hydrogen) atoms. The zero-order valence-corrected chi connectivity index (χ0v) is 38.2. The number of aryl methyl sites for hydroxylation is 1. The van der Waals surface area contributed by atoms with Crippen molar-refractivity contribution >= 4 is 57.0 Å². The molecule has 2 aliphatic heterocycles. The number of esters is 2. The van der Waals surface area contributed by atoms with Crippen molar-refractivity contribution < 1.29 is 68.0 Å². The molecule has 0 saturated carbocycles. The number of hydrogen-bond donors (Lipinski definition) is 4. The van der Waals surface area contributed by atoms with E-state index >= 15 is 0 Å². The Balaban J connectivity index is 1.35. The van der Waals surface area contributed by atoms with Gasteiger partial charge in [-0.25, -0.2) is 14.6 Å². The number of rotatable bonds is 11. The van der Waals surface area contributed by atoms with E-state index in [1.165, 1.54) is 24.3 Å². The van der Waals surface area contributed by atoms with Gasteiger partial charge in [0.2, 0.25) is 6.29 Å². The Bertz CT molecular complexity index is 2190. The van der Waals surface area contributed by atoms with Gasteiger partial charge in [0.25, 0.3) is 0 Å². The fourth-order valence-corrected chi connectivity index (χ4v) is 8.78. The third-order valence-electron chi connectivity index (χ3n) is 11.6. The number of thiazole rings is 1. The summed E-state index contributed by atoms with van der Waals surface area (Å²) in [7, 11) is 0. The number of halogens is 1. The zero-order valence-electron chi connectivity index (χ0n) is 36.6. The number of nitrogens with zero attached hydrogens (tertiary/aromatic N) is 1. The number of Topliss-reactive ketones (excluding diaryl/α,β-unsaturated/α-hetero) is 1. The number of carbonyl (C=O) groups is 4. The first-order valence-electron chi connectivity index (χ1n) is 21.2. The lowest BCUT2D eigenvalue weighted by Crippen LogP contribution is -2.61. The molecule has 15 nitrogen and oxygen atoms in total. The molecule has 4 N–H and O–H groups in total. The normalized spacial score (nSPS) is 29.1. The van der Waals surface area contributed by atoms with Gasteiger partial charge in [-0.1, -0.05) is 61.0 Å². The van der Waals surface area contributed by atoms with Gasteiger partial charge in [-0.3, -0.25) is 9.59 Å². The van der Waals surface area contributed by atoms with Crippen LogP contribution in [0.2, 0.25) is 5.02 Å². The summed E-state index contributed by atoms with van der Waals surface area (Å²) in [5.74, 6) is -3.41. The van der Waals surface area contributed by atoms with Crippen molar-refractivity contribution in [1.29, 1.82) is 0 Å². The first-order valence-corrected chi connectivity index (χ1v) is 22.3. The van der Waals surface area contributed by atoms with E-state index < -0.39 is 97.3 Å². The number of cyclic esters (lactones) is 1. The Kier molecular flexibility index (Phi) is 17.7. The molecule has 1 aromatic heterocycles. The molecule has 3 heterocycles. The highest BCUT2D eigenvalue weighted by molar-refractivity contribution is 7.18. The van der Waals surface area contributed by atoms with Crippen LogP contribution in [0.25, 0.3) is 10.2 Å². The predicted octanol–water partition coefficient (Wildman–Crippen LogP) is 7.18. The average Bonchev–Trinajstić information content (AvgIpc) is 3.64. The summed E-state index contributed by atoms with van der Waals surface area (Å²) in [6.45, 7) is 15.6. The molecule has 2 aliphatic rings. The Hall–Kier alpha value is -4.68. The van der Waals surface area contributed by atoms with Crippen LogP contribution in [0.3, 0.4) is 0 Å². The molecule has 0 unspecified atom stereocenters. The highest BCUT2D eigenvalue weighted by Crippen LogP contribution is 2.38. The SMILES string of the molecule is C=CCOC(=O)[C@H]1O[C@@H](Oc2ccc(COC(=O)O[C@H]3CC(=O)O[C@H](c4ccc5sc(C)nc5c4)C/C=C(/C)CCC[C@H](C)[C@H](O)[C@@H](CC=C)C(=O)C3(C)C)cc2Cl)[C@H](O)[C@@H](O)[C@@H]1O. The van der Waals surface area contributed by atoms with Gasteiger partial charge in [-0.2, -0.15) is 0 Å². The molecule has 5 rings (SSSR count). The van der Waals surface area contributed by atoms with Crippen LogP contribution in [-0.2, 0) is 44.7 Å². The molecular formula is C47H58ClNO14S. The van der Waals surface area contributed by atoms with E-state index in [4.69, 9.17) is 40.0 Å². The van der Waals surface area contributed by atoms with Gasteiger partial charge in [0, 0.05) is 12.3 Å². The topological polar surface area (TPSA) is 217 Å². The zero-order chi connectivity index (χ0) is 46.9. The van der Waals surface area contributed by atoms with Gasteiger partial charge >= 0.3 is 18.1 Å². The van der Waals surface area contributed by atoms with Crippen LogP contribution in [0.4, 0.5) is 4.79 Å². The Morgan fingerprint density at radius 2 is 1.75 bits per heavy atom. The molecule has 2 aromatic carbocycles. The van der Waals surface area contributed by atoms with E-state index in [9.17, 15) is 39.6 Å². The quantitative estimate of drug-likeness (QED) is 0.0851. The lowest BCUT2D eigenvalue weighted by atomic mass is 9.71. The van der Waals surface area contributed by atoms with E-state index in [1.54, 1.807) is 31.3 Å². The predicted molar refractivity (Wildman–Crippen MR) is 237 cm³/mol. The highest BCUT2D eigenvalue weighted by atomic mass is 35.5. The second-order valence-electron chi connectivity index (χ2n) is 16.8. The summed E-state index contributed by atoms with van der Waals surface area (Å²) in [5.41, 5.74) is 1.40. The van der Waals surface area contributed by atoms with Gasteiger partial charge in [0.15, 0.2) is 6.10 Å². The number of allylic oxidation sites excluding steroid dienone is 2. The van der Waals surface area contributed by atoms with Crippen molar-refractivity contribution in [2.24, 2.45) is 17.3 Å². The van der Waals surface area contributed by atoms with Gasteiger partial charge in [-0.05, 0) is 94.7 Å². The summed E-state index contributed by atoms with van der Waals surface area (Å²) in [4.78, 5) is 59.0. The van der Waals surface area contributed by atoms with Crippen LogP contribution < -0.4 is 4.74 Å². The monoisotopic (exact) mass is 927 g/mol. The second kappa shape index (κ2) is 22.5. The number of aliphatic hydroxyl groups excluding tert-OH is 4. The molecule has 0 spiro atoms. The molecule has 17 heteroatoms. The van der Waals surface area contributed by atoms with Crippen molar-refractivity contribution in [3.63, 3.8) is 0 Å². The first kappa shape index (κ1) is 50.3. The van der Waals surface area contributed by atoms with Gasteiger partial charge in [0.1, 0.15) is 55.3 Å². The van der Waals surface area contributed by atoms with E-state index in [0.717, 1.165) is 39.2 Å². The maximum absolute atomic E-state index is 14.5. The number of fused-ring (bicyclic) bond motifs is 1. The number of aliphatic hydroxyl groups is 4. The summed E-state index contributed by atoms with van der Waals surface area (Å²) in [6, 6.07) is 9.93. The smallest absolute Gasteiger partial charge is 0.460 e. The van der Waals surface area contributed by atoms with Crippen LogP contribution >= 0.6 is 22.9 Å². The van der Waals surface area contributed by atoms with E-state index in [2.05, 4.69) is 18.1 Å². The number of ketones is 1. The minimum absolute atomic E-state index is 0.0478. The largest absolute Gasteiger partial charge is 0.508 e. The molecule has 0 aliphatic carbocycles. The summed E-state index contributed by atoms with van der Waals surface area (Å²) >= 11 is 8.04. The molecule has 1 fully saturated rings. The fourth-order valence-electron chi connectivity index (χ4n) is 7.72. The van der Waals surface area contributed by atoms with E-state index in [0.29, 0.717) is 18.4 Å². The standard InChI is InChI=1S/C47H58ClNO14S/c1-8-11-30-38(51)26(4)13-10-12-25(3)14-17-33(29-16-19-35-32(22-29)49-27(5)64-35)60-37(50)23-36(47(6,7)43(30)55)62-46(57)59-24-28-15-18-34(31(48)21-28)61-45-41(54)39(52)40(53)42(63-45)44(56)58-20-9-2/h8-9,14-16,18-19,21-22,26,30,33,36,38-42,45,51-54H,1-2,10-13,17,20,23-24H2,3-7H3/b25-14-/t26-,30+,33-,36-,38-,39-,40-,41+,42-,45+/m0/s1. The average molecular weight is 928 g/mol. The Morgan fingerprint density at radius 3 is 2.45 bits per heavy atom. The van der Waals surface area contributed by atoms with Crippen molar-refractivity contribution in [1.82, 2.24) is 4.98 Å². The number of ether oxygens (including phenoxy) is 6. The summed E-state index contributed by atoms with van der Waals surface area (Å²) in [6.07, 6.45) is -6.14. The second-order valence-corrected chi connectivity index (χ2v) is 18.5. The van der Waals surface area contributed by atoms with Crippen molar-refractivity contribution in [2.45, 2.75) is 129 Å². The third-order valence-corrected chi connectivity index (χ3v) is 12.8. The van der Waals surface area contributed by atoms with Crippen LogP contribution in [0.15, 0.2) is 73.4 Å². The first-order chi connectivity index (χ1) is 30.3. The van der Waals surface area contributed by atoms with Crippen molar-refractivity contribution in [3.05, 3.63) is 94.5 Å². The number of benzene rings is 2. The molecule has 348 valence electrons. The minimum Gasteiger partial charge on any atom is -0.460 e. The Morgan fingerprint density at radius 1 is 1.00 bits per heavy atom. The molecule has 10 atom stereocenters. The lowest BCUT2D eigenvalue weighted by molar-refractivity contribution is -0.272. The molecule has 0 amide bonds. The van der Waals surface area contributed by atoms with Gasteiger partial charge < -0.3 is 48.8 Å². The molecular weight excluding hydrogens is 870 g/mol. The molecule has 0 bridgehead atoms. The van der Waals surface area contributed by atoms with Crippen LogP contribution in [0.1, 0.15) is 88.5 Å². The number of hydrogen-bond acceptors (Lipinski definition) is 16. The highest BCUT2D eigenvalue weighted by Gasteiger charge is 2.49. The van der Waals surface area contributed by atoms with Gasteiger partial charge in [0.05, 0.1) is 38.2 Å². The lowest BCUT2D eigenvalue weighted by Gasteiger charge is -2.39.